The van der Waals surface area contributed by atoms with Crippen molar-refractivity contribution < 1.29 is 0 Å². The summed E-state index contributed by atoms with van der Waals surface area (Å²) in [4.78, 5) is 0. The summed E-state index contributed by atoms with van der Waals surface area (Å²) >= 11 is 0. The number of hydrogen-bond acceptors (Lipinski definition) is 1. The average Bonchev–Trinajstić information content (AvgIpc) is 1.87. The lowest BCUT2D eigenvalue weighted by atomic mass is 10.1. The van der Waals surface area contributed by atoms with Crippen molar-refractivity contribution in [2.75, 3.05) is 0 Å². The molecule has 0 fully saturated rings. The summed E-state index contributed by atoms with van der Waals surface area (Å²) in [7, 11) is 0. The van der Waals surface area contributed by atoms with Crippen LogP contribution in [0.2, 0.25) is 0 Å². The Bertz CT molecular complexity index is 59.7. The molecule has 1 atom stereocenters. The molecule has 0 amide bonds. The van der Waals surface area contributed by atoms with E-state index in [-0.39, 0.29) is 0 Å². The Morgan fingerprint density at radius 2 is 1.70 bits per heavy atom. The van der Waals surface area contributed by atoms with Crippen molar-refractivity contribution >= 4 is 0 Å². The largest absolute Gasteiger partial charge is 0.328 e. The van der Waals surface area contributed by atoms with E-state index in [1.54, 1.807) is 0 Å². The second-order valence-electron chi connectivity index (χ2n) is 3.18. The number of hydrogen-bond donors (Lipinski definition) is 1. The van der Waals surface area contributed by atoms with Crippen molar-refractivity contribution in [1.29, 1.82) is 0 Å². The van der Waals surface area contributed by atoms with E-state index in [0.29, 0.717) is 6.04 Å². The second kappa shape index (κ2) is 7.07. The van der Waals surface area contributed by atoms with Gasteiger partial charge in [-0.05, 0) is 13.3 Å². The molecule has 0 radical (unpaired) electrons. The highest BCUT2D eigenvalue weighted by Gasteiger charge is 1.92. The molecular weight excluding hydrogens is 122 g/mol. The van der Waals surface area contributed by atoms with Crippen LogP contribution in [-0.2, 0) is 0 Å². The number of nitrogens with two attached hydrogens (primary N) is 1. The topological polar surface area (TPSA) is 26.0 Å². The molecule has 1 nitrogen and oxygen atoms in total. The molecule has 0 aromatic heterocycles. The third-order valence-corrected chi connectivity index (χ3v) is 1.76. The first-order chi connectivity index (χ1) is 4.77. The van der Waals surface area contributed by atoms with Gasteiger partial charge in [-0.2, -0.15) is 0 Å². The molecule has 0 aromatic rings. The molecule has 0 aromatic carbocycles. The van der Waals surface area contributed by atoms with Crippen molar-refractivity contribution in [2.45, 2.75) is 58.4 Å². The summed E-state index contributed by atoms with van der Waals surface area (Å²) < 4.78 is 0. The molecule has 62 valence electrons. The van der Waals surface area contributed by atoms with Gasteiger partial charge in [-0.25, -0.2) is 0 Å². The van der Waals surface area contributed by atoms with Gasteiger partial charge >= 0.3 is 0 Å². The minimum absolute atomic E-state index is 0.404. The van der Waals surface area contributed by atoms with Crippen LogP contribution in [0, 0.1) is 0 Å². The molecule has 0 aliphatic rings. The maximum absolute atomic E-state index is 5.61. The molecule has 10 heavy (non-hydrogen) atoms. The number of rotatable bonds is 6. The molecule has 1 heteroatoms. The minimum Gasteiger partial charge on any atom is -0.328 e. The Morgan fingerprint density at radius 3 is 2.20 bits per heavy atom. The molecule has 0 heterocycles. The fourth-order valence-electron chi connectivity index (χ4n) is 1.07. The Hall–Kier alpha value is -0.0400. The highest BCUT2D eigenvalue weighted by Crippen LogP contribution is 2.05. The van der Waals surface area contributed by atoms with Crippen LogP contribution in [0.5, 0.6) is 0 Å². The highest BCUT2D eigenvalue weighted by atomic mass is 14.6. The molecule has 0 saturated carbocycles. The molecule has 0 unspecified atom stereocenters. The summed E-state index contributed by atoms with van der Waals surface area (Å²) in [6, 6.07) is 0.404. The van der Waals surface area contributed by atoms with Crippen molar-refractivity contribution in [2.24, 2.45) is 5.73 Å². The van der Waals surface area contributed by atoms with Gasteiger partial charge in [0.25, 0.3) is 0 Å². The second-order valence-corrected chi connectivity index (χ2v) is 3.18. The van der Waals surface area contributed by atoms with Gasteiger partial charge in [0.2, 0.25) is 0 Å². The summed E-state index contributed by atoms with van der Waals surface area (Å²) in [6.07, 6.45) is 8.00. The van der Waals surface area contributed by atoms with Crippen molar-refractivity contribution in [3.63, 3.8) is 0 Å². The van der Waals surface area contributed by atoms with Crippen LogP contribution in [0.3, 0.4) is 0 Å². The lowest BCUT2D eigenvalue weighted by molar-refractivity contribution is 0.563. The first-order valence-corrected chi connectivity index (χ1v) is 4.53. The summed E-state index contributed by atoms with van der Waals surface area (Å²) in [5.41, 5.74) is 5.61. The van der Waals surface area contributed by atoms with Gasteiger partial charge in [-0.1, -0.05) is 39.0 Å². The molecule has 0 spiro atoms. The van der Waals surface area contributed by atoms with Gasteiger partial charge < -0.3 is 5.73 Å². The first-order valence-electron chi connectivity index (χ1n) is 4.53. The fraction of sp³-hybridized carbons (Fsp3) is 1.00. The SMILES string of the molecule is CCCCCCC[C@H](C)N. The molecule has 2 N–H and O–H groups in total. The van der Waals surface area contributed by atoms with E-state index in [1.165, 1.54) is 38.5 Å². The fourth-order valence-corrected chi connectivity index (χ4v) is 1.07. The Balaban J connectivity index is 2.77. The van der Waals surface area contributed by atoms with E-state index in [0.717, 1.165) is 0 Å². The molecule has 0 rings (SSSR count). The average molecular weight is 143 g/mol. The van der Waals surface area contributed by atoms with Crippen molar-refractivity contribution in [3.05, 3.63) is 0 Å². The van der Waals surface area contributed by atoms with Gasteiger partial charge in [-0.3, -0.25) is 0 Å². The van der Waals surface area contributed by atoms with Crippen LogP contribution in [0.15, 0.2) is 0 Å². The molecule has 0 saturated heterocycles. The van der Waals surface area contributed by atoms with E-state index < -0.39 is 0 Å². The normalized spacial score (nSPS) is 13.5. The van der Waals surface area contributed by atoms with Crippen LogP contribution in [0.4, 0.5) is 0 Å². The predicted octanol–water partition coefficient (Wildman–Crippen LogP) is 2.69. The van der Waals surface area contributed by atoms with E-state index in [9.17, 15) is 0 Å². The standard InChI is InChI=1S/C9H21N/c1-3-4-5-6-7-8-9(2)10/h9H,3-8,10H2,1-2H3/t9-/m0/s1. The lowest BCUT2D eigenvalue weighted by Gasteiger charge is -2.02. The van der Waals surface area contributed by atoms with Crippen LogP contribution in [-0.4, -0.2) is 6.04 Å². The summed E-state index contributed by atoms with van der Waals surface area (Å²) in [5.74, 6) is 0. The Morgan fingerprint density at radius 1 is 1.10 bits per heavy atom. The molecule has 0 aliphatic carbocycles. The predicted molar refractivity (Wildman–Crippen MR) is 47.0 cm³/mol. The van der Waals surface area contributed by atoms with E-state index in [1.807, 2.05) is 0 Å². The van der Waals surface area contributed by atoms with Gasteiger partial charge in [0, 0.05) is 6.04 Å². The first kappa shape index (κ1) is 9.96. The zero-order chi connectivity index (χ0) is 7.82. The van der Waals surface area contributed by atoms with Gasteiger partial charge in [0.15, 0.2) is 0 Å². The quantitative estimate of drug-likeness (QED) is 0.568. The Labute approximate surface area is 65.0 Å². The van der Waals surface area contributed by atoms with Crippen molar-refractivity contribution in [3.8, 4) is 0 Å². The zero-order valence-corrected chi connectivity index (χ0v) is 7.40. The van der Waals surface area contributed by atoms with E-state index in [2.05, 4.69) is 13.8 Å². The van der Waals surface area contributed by atoms with Crippen LogP contribution < -0.4 is 5.73 Å². The van der Waals surface area contributed by atoms with Crippen LogP contribution in [0.25, 0.3) is 0 Å². The van der Waals surface area contributed by atoms with Gasteiger partial charge in [0.1, 0.15) is 0 Å². The summed E-state index contributed by atoms with van der Waals surface area (Å²) in [5, 5.41) is 0. The molecular formula is C9H21N. The maximum Gasteiger partial charge on any atom is 0.00104 e. The van der Waals surface area contributed by atoms with Crippen molar-refractivity contribution in [1.82, 2.24) is 0 Å². The smallest absolute Gasteiger partial charge is 0.00104 e. The summed E-state index contributed by atoms with van der Waals surface area (Å²) in [6.45, 7) is 4.32. The van der Waals surface area contributed by atoms with Crippen LogP contribution in [0.1, 0.15) is 52.4 Å². The third kappa shape index (κ3) is 7.96. The highest BCUT2D eigenvalue weighted by molar-refractivity contribution is 4.52. The van der Waals surface area contributed by atoms with E-state index >= 15 is 0 Å². The zero-order valence-electron chi connectivity index (χ0n) is 7.40. The Kier molecular flexibility index (Phi) is 7.04. The minimum atomic E-state index is 0.404. The van der Waals surface area contributed by atoms with Gasteiger partial charge in [0.05, 0.1) is 0 Å². The van der Waals surface area contributed by atoms with Gasteiger partial charge in [-0.15, -0.1) is 0 Å². The number of unbranched alkanes of at least 4 members (excludes halogenated alkanes) is 4. The lowest BCUT2D eigenvalue weighted by Crippen LogP contribution is -2.13. The monoisotopic (exact) mass is 143 g/mol. The van der Waals surface area contributed by atoms with E-state index in [4.69, 9.17) is 5.73 Å². The maximum atomic E-state index is 5.61. The van der Waals surface area contributed by atoms with Crippen LogP contribution >= 0.6 is 0 Å². The third-order valence-electron chi connectivity index (χ3n) is 1.76. The molecule has 0 bridgehead atoms. The molecule has 0 aliphatic heterocycles.